The number of β-amino-alcohol motifs (C(OH)–C–C–N with tert-alkyl or cyclic N) is 1. The van der Waals surface area contributed by atoms with Crippen molar-refractivity contribution in [3.8, 4) is 23.0 Å². The van der Waals surface area contributed by atoms with Crippen molar-refractivity contribution in [2.75, 3.05) is 38.7 Å². The first kappa shape index (κ1) is 32.4. The Bertz CT molecular complexity index is 1740. The Labute approximate surface area is 278 Å². The standard InChI is InChI=1S/C40H45N3O4/c1-40(2,3)30-10-12-31(13-11-30)42-32-14-16-34(17-15-32)47-37-18-21-41-36-25-39(38(45-4)24-35(36)37)46-27-33(44)26-43-22-19-29(20-23-43)28-8-6-5-7-9-28/h5-18,21,24-25,29,33,42,44H,19-20,22-23,26-27H2,1-4H3. The molecule has 1 saturated heterocycles. The molecule has 47 heavy (non-hydrogen) atoms. The van der Waals surface area contributed by atoms with Crippen LogP contribution in [0.25, 0.3) is 10.9 Å². The SMILES string of the molecule is COc1cc2c(Oc3ccc(Nc4ccc(C(C)(C)C)cc4)cc3)ccnc2cc1OCC(O)CN1CCC(c2ccccc2)CC1. The fourth-order valence-corrected chi connectivity index (χ4v) is 6.15. The maximum Gasteiger partial charge on any atom is 0.163 e. The fourth-order valence-electron chi connectivity index (χ4n) is 6.15. The molecule has 2 N–H and O–H groups in total. The van der Waals surface area contributed by atoms with Gasteiger partial charge in [0, 0.05) is 35.6 Å². The number of ether oxygens (including phenoxy) is 3. The summed E-state index contributed by atoms with van der Waals surface area (Å²) < 4.78 is 18.1. The van der Waals surface area contributed by atoms with Gasteiger partial charge < -0.3 is 29.5 Å². The number of piperidine rings is 1. The van der Waals surface area contributed by atoms with E-state index in [-0.39, 0.29) is 12.0 Å². The van der Waals surface area contributed by atoms with Gasteiger partial charge in [-0.3, -0.25) is 4.98 Å². The second-order valence-electron chi connectivity index (χ2n) is 13.4. The Kier molecular flexibility index (Phi) is 9.95. The van der Waals surface area contributed by atoms with Crippen molar-refractivity contribution < 1.29 is 19.3 Å². The smallest absolute Gasteiger partial charge is 0.163 e. The van der Waals surface area contributed by atoms with E-state index in [1.54, 1.807) is 13.3 Å². The van der Waals surface area contributed by atoms with Gasteiger partial charge in [0.05, 0.1) is 12.6 Å². The zero-order valence-electron chi connectivity index (χ0n) is 27.8. The molecule has 0 amide bonds. The summed E-state index contributed by atoms with van der Waals surface area (Å²) in [5, 5.41) is 15.1. The molecule has 6 rings (SSSR count). The van der Waals surface area contributed by atoms with Crippen LogP contribution in [0, 0.1) is 0 Å². The number of hydrogen-bond donors (Lipinski definition) is 2. The number of anilines is 2. The van der Waals surface area contributed by atoms with Crippen molar-refractivity contribution in [2.45, 2.75) is 51.0 Å². The summed E-state index contributed by atoms with van der Waals surface area (Å²) >= 11 is 0. The highest BCUT2D eigenvalue weighted by Gasteiger charge is 2.23. The summed E-state index contributed by atoms with van der Waals surface area (Å²) in [5.74, 6) is 3.06. The van der Waals surface area contributed by atoms with E-state index in [2.05, 4.69) is 90.6 Å². The molecular weight excluding hydrogens is 586 g/mol. The molecule has 0 radical (unpaired) electrons. The predicted octanol–water partition coefficient (Wildman–Crippen LogP) is 8.70. The zero-order chi connectivity index (χ0) is 32.8. The second-order valence-corrected chi connectivity index (χ2v) is 13.4. The highest BCUT2D eigenvalue weighted by atomic mass is 16.5. The molecule has 1 aliphatic rings. The van der Waals surface area contributed by atoms with Crippen molar-refractivity contribution in [1.82, 2.24) is 9.88 Å². The number of fused-ring (bicyclic) bond motifs is 1. The number of aromatic nitrogens is 1. The Morgan fingerprint density at radius 2 is 1.53 bits per heavy atom. The molecule has 4 aromatic carbocycles. The zero-order valence-corrected chi connectivity index (χ0v) is 27.8. The lowest BCUT2D eigenvalue weighted by atomic mass is 9.87. The molecule has 244 valence electrons. The van der Waals surface area contributed by atoms with E-state index in [1.807, 2.05) is 42.5 Å². The van der Waals surface area contributed by atoms with Gasteiger partial charge in [-0.2, -0.15) is 0 Å². The maximum absolute atomic E-state index is 10.8. The number of aliphatic hydroxyl groups is 1. The lowest BCUT2D eigenvalue weighted by molar-refractivity contribution is 0.0586. The van der Waals surface area contributed by atoms with Gasteiger partial charge in [0.2, 0.25) is 0 Å². The van der Waals surface area contributed by atoms with Gasteiger partial charge in [-0.15, -0.1) is 0 Å². The normalized spacial score (nSPS) is 14.9. The highest BCUT2D eigenvalue weighted by molar-refractivity contribution is 5.88. The van der Waals surface area contributed by atoms with Crippen LogP contribution in [0.3, 0.4) is 0 Å². The monoisotopic (exact) mass is 631 g/mol. The summed E-state index contributed by atoms with van der Waals surface area (Å²) in [6, 6.07) is 32.7. The number of likely N-dealkylation sites (tertiary alicyclic amines) is 1. The molecule has 1 unspecified atom stereocenters. The fraction of sp³-hybridized carbons (Fsp3) is 0.325. The summed E-state index contributed by atoms with van der Waals surface area (Å²) in [5.41, 5.74) is 5.56. The number of methoxy groups -OCH3 is 1. The third kappa shape index (κ3) is 8.23. The third-order valence-electron chi connectivity index (χ3n) is 8.87. The number of nitrogens with one attached hydrogen (secondary N) is 1. The molecule has 1 fully saturated rings. The summed E-state index contributed by atoms with van der Waals surface area (Å²) in [6.45, 7) is 9.32. The topological polar surface area (TPSA) is 76.1 Å². The Morgan fingerprint density at radius 3 is 2.19 bits per heavy atom. The maximum atomic E-state index is 10.8. The quantitative estimate of drug-likeness (QED) is 0.151. The number of benzene rings is 4. The van der Waals surface area contributed by atoms with Gasteiger partial charge >= 0.3 is 0 Å². The average Bonchev–Trinajstić information content (AvgIpc) is 3.08. The number of rotatable bonds is 11. The van der Waals surface area contributed by atoms with Crippen molar-refractivity contribution in [1.29, 1.82) is 0 Å². The van der Waals surface area contributed by atoms with Crippen LogP contribution >= 0.6 is 0 Å². The van der Waals surface area contributed by atoms with Crippen LogP contribution in [0.1, 0.15) is 50.7 Å². The summed E-state index contributed by atoms with van der Waals surface area (Å²) in [7, 11) is 1.61. The van der Waals surface area contributed by atoms with E-state index >= 15 is 0 Å². The molecule has 0 bridgehead atoms. The lowest BCUT2D eigenvalue weighted by Gasteiger charge is -2.33. The minimum absolute atomic E-state index is 0.122. The molecule has 0 saturated carbocycles. The first-order valence-electron chi connectivity index (χ1n) is 16.5. The largest absolute Gasteiger partial charge is 0.493 e. The minimum atomic E-state index is -0.619. The van der Waals surface area contributed by atoms with Crippen LogP contribution in [-0.2, 0) is 5.41 Å². The molecule has 7 heteroatoms. The third-order valence-corrected chi connectivity index (χ3v) is 8.87. The molecule has 0 spiro atoms. The van der Waals surface area contributed by atoms with Crippen LogP contribution in [0.4, 0.5) is 11.4 Å². The predicted molar refractivity (Wildman–Crippen MR) is 190 cm³/mol. The van der Waals surface area contributed by atoms with Gasteiger partial charge in [-0.05, 0) is 96.9 Å². The van der Waals surface area contributed by atoms with Gasteiger partial charge in [-0.25, -0.2) is 0 Å². The average molecular weight is 632 g/mol. The van der Waals surface area contributed by atoms with Gasteiger partial charge in [0.15, 0.2) is 11.5 Å². The van der Waals surface area contributed by atoms with E-state index in [0.717, 1.165) is 42.7 Å². The first-order valence-corrected chi connectivity index (χ1v) is 16.5. The van der Waals surface area contributed by atoms with Gasteiger partial charge in [0.25, 0.3) is 0 Å². The molecule has 5 aromatic rings. The number of aliphatic hydroxyl groups excluding tert-OH is 1. The van der Waals surface area contributed by atoms with Crippen molar-refractivity contribution in [3.05, 3.63) is 114 Å². The van der Waals surface area contributed by atoms with Gasteiger partial charge in [-0.1, -0.05) is 63.2 Å². The molecule has 1 aliphatic heterocycles. The van der Waals surface area contributed by atoms with Crippen LogP contribution in [0.2, 0.25) is 0 Å². The van der Waals surface area contributed by atoms with Crippen molar-refractivity contribution in [2.24, 2.45) is 0 Å². The first-order chi connectivity index (χ1) is 22.7. The summed E-state index contributed by atoms with van der Waals surface area (Å²) in [4.78, 5) is 6.88. The van der Waals surface area contributed by atoms with E-state index < -0.39 is 6.10 Å². The highest BCUT2D eigenvalue weighted by Crippen LogP contribution is 2.37. The van der Waals surface area contributed by atoms with E-state index in [9.17, 15) is 5.11 Å². The molecule has 1 atom stereocenters. The minimum Gasteiger partial charge on any atom is -0.493 e. The van der Waals surface area contributed by atoms with Gasteiger partial charge in [0.1, 0.15) is 24.2 Å². The van der Waals surface area contributed by atoms with Crippen LogP contribution < -0.4 is 19.5 Å². The van der Waals surface area contributed by atoms with Crippen molar-refractivity contribution >= 4 is 22.3 Å². The van der Waals surface area contributed by atoms with Crippen LogP contribution in [0.5, 0.6) is 23.0 Å². The Balaban J connectivity index is 1.05. The second kappa shape index (κ2) is 14.4. The number of pyridine rings is 1. The Hall–Kier alpha value is -4.59. The lowest BCUT2D eigenvalue weighted by Crippen LogP contribution is -2.40. The van der Waals surface area contributed by atoms with E-state index in [1.165, 1.54) is 11.1 Å². The van der Waals surface area contributed by atoms with E-state index in [0.29, 0.717) is 41.0 Å². The molecular formula is C40H45N3O4. The molecule has 7 nitrogen and oxygen atoms in total. The number of nitrogens with zero attached hydrogens (tertiary/aromatic N) is 2. The number of hydrogen-bond acceptors (Lipinski definition) is 7. The van der Waals surface area contributed by atoms with E-state index in [4.69, 9.17) is 14.2 Å². The molecule has 1 aromatic heterocycles. The van der Waals surface area contributed by atoms with Crippen LogP contribution in [0.15, 0.2) is 103 Å². The summed E-state index contributed by atoms with van der Waals surface area (Å²) in [6.07, 6.45) is 3.30. The Morgan fingerprint density at radius 1 is 0.851 bits per heavy atom. The molecule has 2 heterocycles. The van der Waals surface area contributed by atoms with Crippen LogP contribution in [-0.4, -0.2) is 54.4 Å². The van der Waals surface area contributed by atoms with Crippen molar-refractivity contribution in [3.63, 3.8) is 0 Å². The molecule has 0 aliphatic carbocycles.